The first-order valence-electron chi connectivity index (χ1n) is 10.2. The predicted molar refractivity (Wildman–Crippen MR) is 108 cm³/mol. The van der Waals surface area contributed by atoms with E-state index in [9.17, 15) is 4.39 Å². The van der Waals surface area contributed by atoms with E-state index in [-0.39, 0.29) is 0 Å². The smallest absolute Gasteiger partial charge is 0.195 e. The molecule has 0 N–H and O–H groups in total. The van der Waals surface area contributed by atoms with Crippen LogP contribution in [-0.4, -0.2) is 0 Å². The third-order valence-electron chi connectivity index (χ3n) is 5.59. The molecule has 0 atom stereocenters. The summed E-state index contributed by atoms with van der Waals surface area (Å²) in [6.45, 7) is 2.25. The van der Waals surface area contributed by atoms with Crippen molar-refractivity contribution in [1.82, 2.24) is 0 Å². The van der Waals surface area contributed by atoms with Crippen molar-refractivity contribution in [2.45, 2.75) is 77.0 Å². The molecule has 1 aromatic rings. The number of hydrogen-bond donors (Lipinski definition) is 0. The van der Waals surface area contributed by atoms with Crippen molar-refractivity contribution in [3.8, 4) is 6.07 Å². The molecular weight excluding hydrogens is 321 g/mol. The van der Waals surface area contributed by atoms with Crippen LogP contribution in [0.3, 0.4) is 0 Å². The van der Waals surface area contributed by atoms with Crippen LogP contribution in [0.2, 0.25) is 0 Å². The van der Waals surface area contributed by atoms with E-state index in [0.29, 0.717) is 0 Å². The molecule has 0 heterocycles. The molecule has 0 radical (unpaired) electrons. The SMILES string of the molecule is CCCCCc1ccc([C@H]2CC[C@H](CCC=CC=C(F)C#N)CC2)cc1. The first-order valence-corrected chi connectivity index (χ1v) is 10.2. The highest BCUT2D eigenvalue weighted by Gasteiger charge is 2.21. The number of unbranched alkanes of at least 4 members (excludes halogenated alkanes) is 2. The Morgan fingerprint density at radius 1 is 1.15 bits per heavy atom. The number of nitrogens with zero attached hydrogens (tertiary/aromatic N) is 1. The van der Waals surface area contributed by atoms with Crippen LogP contribution in [0, 0.1) is 17.2 Å². The molecule has 0 saturated heterocycles. The van der Waals surface area contributed by atoms with E-state index in [1.54, 1.807) is 6.08 Å². The van der Waals surface area contributed by atoms with Gasteiger partial charge >= 0.3 is 0 Å². The molecule has 1 aromatic carbocycles. The van der Waals surface area contributed by atoms with Crippen LogP contribution < -0.4 is 0 Å². The van der Waals surface area contributed by atoms with Crippen LogP contribution in [-0.2, 0) is 6.42 Å². The van der Waals surface area contributed by atoms with Gasteiger partial charge in [0.25, 0.3) is 0 Å². The molecule has 2 heteroatoms. The number of hydrogen-bond acceptors (Lipinski definition) is 1. The number of rotatable bonds is 9. The van der Waals surface area contributed by atoms with Gasteiger partial charge in [-0.05, 0) is 80.4 Å². The van der Waals surface area contributed by atoms with Crippen molar-refractivity contribution in [2.24, 2.45) is 5.92 Å². The molecule has 140 valence electrons. The Morgan fingerprint density at radius 3 is 2.54 bits per heavy atom. The average Bonchev–Trinajstić information content (AvgIpc) is 2.69. The highest BCUT2D eigenvalue weighted by atomic mass is 19.1. The molecule has 0 spiro atoms. The van der Waals surface area contributed by atoms with Crippen molar-refractivity contribution in [1.29, 1.82) is 5.26 Å². The number of halogens is 1. The van der Waals surface area contributed by atoms with Gasteiger partial charge in [0.1, 0.15) is 6.07 Å². The van der Waals surface area contributed by atoms with Crippen LogP contribution in [0.5, 0.6) is 0 Å². The van der Waals surface area contributed by atoms with E-state index < -0.39 is 5.83 Å². The lowest BCUT2D eigenvalue weighted by molar-refractivity contribution is 0.312. The summed E-state index contributed by atoms with van der Waals surface area (Å²) in [4.78, 5) is 0. The molecule has 1 nitrogen and oxygen atoms in total. The largest absolute Gasteiger partial charge is 0.199 e. The summed E-state index contributed by atoms with van der Waals surface area (Å²) in [5.41, 5.74) is 2.99. The van der Waals surface area contributed by atoms with Gasteiger partial charge < -0.3 is 0 Å². The second-order valence-corrected chi connectivity index (χ2v) is 7.55. The van der Waals surface area contributed by atoms with Crippen LogP contribution in [0.15, 0.2) is 48.3 Å². The van der Waals surface area contributed by atoms with Gasteiger partial charge in [-0.25, -0.2) is 0 Å². The summed E-state index contributed by atoms with van der Waals surface area (Å²) >= 11 is 0. The second kappa shape index (κ2) is 11.7. The molecule has 0 bridgehead atoms. The Hall–Kier alpha value is -1.88. The van der Waals surface area contributed by atoms with E-state index in [4.69, 9.17) is 5.26 Å². The molecule has 0 amide bonds. The van der Waals surface area contributed by atoms with E-state index in [1.165, 1.54) is 81.1 Å². The fraction of sp³-hybridized carbons (Fsp3) is 0.542. The molecule has 26 heavy (non-hydrogen) atoms. The molecule has 0 aliphatic heterocycles. The van der Waals surface area contributed by atoms with Gasteiger partial charge in [-0.2, -0.15) is 9.65 Å². The number of benzene rings is 1. The standard InChI is InChI=1S/C24H32FN/c1-2-3-5-8-20-11-15-22(16-12-20)23-17-13-21(14-18-23)9-6-4-7-10-24(25)19-26/h4,7,10-12,15-16,21,23H,2-3,5-6,8-9,13-14,17-18H2,1H3/t21-,23-. The summed E-state index contributed by atoms with van der Waals surface area (Å²) in [5.74, 6) is 0.784. The van der Waals surface area contributed by atoms with Crippen LogP contribution in [0.4, 0.5) is 4.39 Å². The Bertz CT molecular complexity index is 613. The molecule has 1 aliphatic rings. The average molecular weight is 354 g/mol. The molecule has 1 fully saturated rings. The van der Waals surface area contributed by atoms with Gasteiger partial charge in [-0.15, -0.1) is 0 Å². The Morgan fingerprint density at radius 2 is 1.88 bits per heavy atom. The van der Waals surface area contributed by atoms with E-state index in [1.807, 2.05) is 6.08 Å². The number of allylic oxidation sites excluding steroid dienone is 4. The third-order valence-corrected chi connectivity index (χ3v) is 5.59. The monoisotopic (exact) mass is 353 g/mol. The van der Waals surface area contributed by atoms with E-state index >= 15 is 0 Å². The fourth-order valence-electron chi connectivity index (χ4n) is 3.94. The highest BCUT2D eigenvalue weighted by Crippen LogP contribution is 2.37. The van der Waals surface area contributed by atoms with Gasteiger partial charge in [0.2, 0.25) is 0 Å². The van der Waals surface area contributed by atoms with E-state index in [0.717, 1.165) is 18.3 Å². The topological polar surface area (TPSA) is 23.8 Å². The van der Waals surface area contributed by atoms with Crippen LogP contribution >= 0.6 is 0 Å². The molecular formula is C24H32FN. The van der Waals surface area contributed by atoms with Crippen molar-refractivity contribution in [2.75, 3.05) is 0 Å². The number of aryl methyl sites for hydroxylation is 1. The van der Waals surface area contributed by atoms with Gasteiger partial charge in [-0.3, -0.25) is 0 Å². The maximum atomic E-state index is 12.7. The zero-order chi connectivity index (χ0) is 18.6. The van der Waals surface area contributed by atoms with Crippen molar-refractivity contribution in [3.63, 3.8) is 0 Å². The molecule has 0 aromatic heterocycles. The van der Waals surface area contributed by atoms with Crippen molar-refractivity contribution in [3.05, 3.63) is 59.4 Å². The van der Waals surface area contributed by atoms with Crippen molar-refractivity contribution < 1.29 is 4.39 Å². The first-order chi connectivity index (χ1) is 12.7. The summed E-state index contributed by atoms with van der Waals surface area (Å²) in [7, 11) is 0. The predicted octanol–water partition coefficient (Wildman–Crippen LogP) is 7.41. The lowest BCUT2D eigenvalue weighted by atomic mass is 9.77. The first kappa shape index (κ1) is 20.4. The quantitative estimate of drug-likeness (QED) is 0.258. The normalized spacial score (nSPS) is 21.0. The Balaban J connectivity index is 1.70. The summed E-state index contributed by atoms with van der Waals surface area (Å²) in [6, 6.07) is 10.8. The zero-order valence-electron chi connectivity index (χ0n) is 16.1. The zero-order valence-corrected chi connectivity index (χ0v) is 16.1. The Kier molecular flexibility index (Phi) is 9.18. The summed E-state index contributed by atoms with van der Waals surface area (Å²) < 4.78 is 12.7. The third kappa shape index (κ3) is 7.16. The minimum Gasteiger partial charge on any atom is -0.195 e. The highest BCUT2D eigenvalue weighted by molar-refractivity contribution is 5.26. The maximum absolute atomic E-state index is 12.7. The molecule has 0 unspecified atom stereocenters. The van der Waals surface area contributed by atoms with Gasteiger partial charge in [0, 0.05) is 0 Å². The lowest BCUT2D eigenvalue weighted by Gasteiger charge is -2.28. The van der Waals surface area contributed by atoms with Gasteiger partial charge in [-0.1, -0.05) is 56.2 Å². The van der Waals surface area contributed by atoms with Crippen LogP contribution in [0.1, 0.15) is 81.8 Å². The minimum atomic E-state index is -0.724. The molecule has 1 aliphatic carbocycles. The summed E-state index contributed by atoms with van der Waals surface area (Å²) in [5, 5.41) is 8.35. The van der Waals surface area contributed by atoms with Crippen LogP contribution in [0.25, 0.3) is 0 Å². The van der Waals surface area contributed by atoms with Gasteiger partial charge in [0.05, 0.1) is 0 Å². The lowest BCUT2D eigenvalue weighted by Crippen LogP contribution is -2.13. The Labute approximate surface area is 158 Å². The second-order valence-electron chi connectivity index (χ2n) is 7.55. The van der Waals surface area contributed by atoms with Gasteiger partial charge in [0.15, 0.2) is 5.83 Å². The van der Waals surface area contributed by atoms with E-state index in [2.05, 4.69) is 31.2 Å². The molecule has 2 rings (SSSR count). The van der Waals surface area contributed by atoms with Crippen molar-refractivity contribution >= 4 is 0 Å². The molecule has 1 saturated carbocycles. The maximum Gasteiger partial charge on any atom is 0.199 e. The minimum absolute atomic E-state index is 0.721. The number of nitriles is 1. The fourth-order valence-corrected chi connectivity index (χ4v) is 3.94. The summed E-state index contributed by atoms with van der Waals surface area (Å²) in [6.07, 6.45) is 17.3.